The van der Waals surface area contributed by atoms with Crippen LogP contribution in [0.3, 0.4) is 0 Å². The minimum Gasteiger partial charge on any atom is -0.496 e. The summed E-state index contributed by atoms with van der Waals surface area (Å²) in [6.45, 7) is 0. The average molecular weight is 408 g/mol. The first-order valence-corrected chi connectivity index (χ1v) is 10.4. The van der Waals surface area contributed by atoms with Crippen molar-refractivity contribution in [2.24, 2.45) is 16.9 Å². The van der Waals surface area contributed by atoms with Gasteiger partial charge in [0.2, 0.25) is 0 Å². The zero-order chi connectivity index (χ0) is 21.1. The maximum Gasteiger partial charge on any atom is 0.254 e. The van der Waals surface area contributed by atoms with Crippen LogP contribution in [0.25, 0.3) is 0 Å². The summed E-state index contributed by atoms with van der Waals surface area (Å²) in [6, 6.07) is 23.8. The van der Waals surface area contributed by atoms with Crippen LogP contribution >= 0.6 is 0 Å². The van der Waals surface area contributed by atoms with Crippen molar-refractivity contribution in [2.45, 2.75) is 11.8 Å². The van der Waals surface area contributed by atoms with Crippen molar-refractivity contribution in [3.8, 4) is 5.75 Å². The first-order valence-electron chi connectivity index (χ1n) is 10.4. The molecule has 0 saturated carbocycles. The van der Waals surface area contributed by atoms with Crippen LogP contribution in [0.2, 0.25) is 0 Å². The third-order valence-corrected chi connectivity index (χ3v) is 6.88. The summed E-state index contributed by atoms with van der Waals surface area (Å²) in [5, 5.41) is 5.42. The highest BCUT2D eigenvalue weighted by Gasteiger charge is 2.61. The number of hydrogen-bond donors (Lipinski definition) is 0. The van der Waals surface area contributed by atoms with Crippen LogP contribution in [-0.2, 0) is 9.59 Å². The molecule has 5 heteroatoms. The number of carbonyl (C=O) groups is 2. The number of carbonyl (C=O) groups excluding carboxylic acids is 2. The Bertz CT molecular complexity index is 1150. The lowest BCUT2D eigenvalue weighted by atomic mass is 9.55. The fraction of sp³-hybridized carbons (Fsp3) is 0.192. The summed E-state index contributed by atoms with van der Waals surface area (Å²) in [5.41, 5.74) is 5.34. The molecule has 0 N–H and O–H groups in total. The van der Waals surface area contributed by atoms with Gasteiger partial charge in [-0.15, -0.1) is 0 Å². The first kappa shape index (κ1) is 18.1. The molecule has 3 aliphatic carbocycles. The van der Waals surface area contributed by atoms with Gasteiger partial charge in [0.05, 0.1) is 25.2 Å². The van der Waals surface area contributed by atoms with Gasteiger partial charge in [-0.25, -0.2) is 0 Å². The largest absolute Gasteiger partial charge is 0.496 e. The lowest BCUT2D eigenvalue weighted by Crippen LogP contribution is -2.41. The Morgan fingerprint density at radius 1 is 0.742 bits per heavy atom. The normalized spacial score (nSPS) is 25.5. The molecule has 0 unspecified atom stereocenters. The van der Waals surface area contributed by atoms with Crippen molar-refractivity contribution in [1.82, 2.24) is 5.01 Å². The predicted octanol–water partition coefficient (Wildman–Crippen LogP) is 3.92. The molecular weight excluding hydrogens is 388 g/mol. The number of benzene rings is 3. The van der Waals surface area contributed by atoms with Gasteiger partial charge in [0.25, 0.3) is 11.8 Å². The number of hydrogen-bond acceptors (Lipinski definition) is 4. The summed E-state index contributed by atoms with van der Waals surface area (Å²) >= 11 is 0. The molecule has 4 aliphatic rings. The summed E-state index contributed by atoms with van der Waals surface area (Å²) < 4.78 is 5.36. The molecule has 0 radical (unpaired) electrons. The second kappa shape index (κ2) is 6.64. The predicted molar refractivity (Wildman–Crippen MR) is 116 cm³/mol. The smallest absolute Gasteiger partial charge is 0.254 e. The fourth-order valence-corrected chi connectivity index (χ4v) is 5.67. The number of methoxy groups -OCH3 is 1. The van der Waals surface area contributed by atoms with Gasteiger partial charge in [0.15, 0.2) is 0 Å². The van der Waals surface area contributed by atoms with E-state index < -0.39 is 11.8 Å². The molecule has 1 fully saturated rings. The van der Waals surface area contributed by atoms with E-state index in [0.717, 1.165) is 32.8 Å². The van der Waals surface area contributed by atoms with E-state index in [1.165, 1.54) is 6.21 Å². The van der Waals surface area contributed by atoms with E-state index in [0.29, 0.717) is 5.75 Å². The Morgan fingerprint density at radius 2 is 1.19 bits per heavy atom. The van der Waals surface area contributed by atoms with Crippen LogP contribution in [0.15, 0.2) is 77.9 Å². The molecule has 2 atom stereocenters. The van der Waals surface area contributed by atoms with E-state index in [4.69, 9.17) is 4.74 Å². The maximum atomic E-state index is 13.5. The van der Waals surface area contributed by atoms with Crippen LogP contribution in [-0.4, -0.2) is 30.1 Å². The van der Waals surface area contributed by atoms with Crippen LogP contribution in [0, 0.1) is 11.8 Å². The summed E-state index contributed by atoms with van der Waals surface area (Å²) in [4.78, 5) is 27.0. The zero-order valence-electron chi connectivity index (χ0n) is 16.9. The van der Waals surface area contributed by atoms with Crippen LogP contribution in [0.1, 0.15) is 39.7 Å². The zero-order valence-corrected chi connectivity index (χ0v) is 16.9. The Kier molecular flexibility index (Phi) is 3.87. The molecule has 0 aromatic heterocycles. The van der Waals surface area contributed by atoms with E-state index in [9.17, 15) is 9.59 Å². The minimum absolute atomic E-state index is 0.120. The van der Waals surface area contributed by atoms with Crippen molar-refractivity contribution >= 4 is 18.0 Å². The first-order chi connectivity index (χ1) is 15.2. The molecule has 1 heterocycles. The third-order valence-electron chi connectivity index (χ3n) is 6.88. The Morgan fingerprint density at radius 3 is 1.68 bits per heavy atom. The molecule has 1 aliphatic heterocycles. The van der Waals surface area contributed by atoms with Crippen molar-refractivity contribution in [3.05, 3.63) is 101 Å². The summed E-state index contributed by atoms with van der Waals surface area (Å²) in [7, 11) is 1.58. The molecule has 5 nitrogen and oxygen atoms in total. The van der Waals surface area contributed by atoms with Gasteiger partial charge in [0.1, 0.15) is 5.75 Å². The number of amides is 2. The van der Waals surface area contributed by atoms with Gasteiger partial charge in [-0.2, -0.15) is 10.1 Å². The molecular formula is C26H20N2O3. The summed E-state index contributed by atoms with van der Waals surface area (Å²) in [5.74, 6) is -0.882. The topological polar surface area (TPSA) is 59.0 Å². The number of imide groups is 1. The second-order valence-corrected chi connectivity index (χ2v) is 8.24. The molecule has 1 saturated heterocycles. The molecule has 7 rings (SSSR count). The highest BCUT2D eigenvalue weighted by molar-refractivity contribution is 6.08. The monoisotopic (exact) mass is 408 g/mol. The van der Waals surface area contributed by atoms with Crippen molar-refractivity contribution in [3.63, 3.8) is 0 Å². The fourth-order valence-electron chi connectivity index (χ4n) is 5.67. The van der Waals surface area contributed by atoms with Gasteiger partial charge < -0.3 is 4.74 Å². The molecule has 3 aromatic carbocycles. The Hall–Kier alpha value is -3.73. The van der Waals surface area contributed by atoms with Crippen molar-refractivity contribution in [2.75, 3.05) is 7.11 Å². The highest BCUT2D eigenvalue weighted by Crippen LogP contribution is 2.60. The molecule has 2 amide bonds. The molecule has 152 valence electrons. The van der Waals surface area contributed by atoms with E-state index in [1.807, 2.05) is 48.5 Å². The second-order valence-electron chi connectivity index (χ2n) is 8.24. The molecule has 0 spiro atoms. The van der Waals surface area contributed by atoms with Gasteiger partial charge in [-0.3, -0.25) is 9.59 Å². The standard InChI is InChI=1S/C26H20N2O3/c1-31-20-13-7-2-8-15(20)14-27-28-25(29)23-21-16-9-3-4-10-17(16)22(24(23)26(28)30)19-12-6-5-11-18(19)21/h2-14,21-24H,1H3/b27-14-/t21?,22?,23-,24+. The van der Waals surface area contributed by atoms with Crippen LogP contribution in [0.4, 0.5) is 0 Å². The highest BCUT2D eigenvalue weighted by atomic mass is 16.5. The van der Waals surface area contributed by atoms with Crippen molar-refractivity contribution in [1.29, 1.82) is 0 Å². The van der Waals surface area contributed by atoms with Gasteiger partial charge in [-0.05, 0) is 34.4 Å². The number of para-hydroxylation sites is 1. The Labute approximate surface area is 180 Å². The number of ether oxygens (including phenoxy) is 1. The number of hydrazone groups is 1. The van der Waals surface area contributed by atoms with Gasteiger partial charge in [0, 0.05) is 17.4 Å². The van der Waals surface area contributed by atoms with Crippen LogP contribution in [0.5, 0.6) is 5.75 Å². The maximum absolute atomic E-state index is 13.5. The van der Waals surface area contributed by atoms with E-state index in [-0.39, 0.29) is 23.7 Å². The van der Waals surface area contributed by atoms with E-state index in [1.54, 1.807) is 7.11 Å². The lowest BCUT2D eigenvalue weighted by Gasteiger charge is -2.45. The lowest BCUT2D eigenvalue weighted by molar-refractivity contribution is -0.139. The molecule has 3 aromatic rings. The Balaban J connectivity index is 1.45. The molecule has 2 bridgehead atoms. The minimum atomic E-state index is -0.419. The number of rotatable bonds is 3. The number of nitrogens with zero attached hydrogens (tertiary/aromatic N) is 2. The van der Waals surface area contributed by atoms with E-state index in [2.05, 4.69) is 29.4 Å². The van der Waals surface area contributed by atoms with Crippen LogP contribution < -0.4 is 4.74 Å². The molecule has 31 heavy (non-hydrogen) atoms. The average Bonchev–Trinajstić information content (AvgIpc) is 3.08. The summed E-state index contributed by atoms with van der Waals surface area (Å²) in [6.07, 6.45) is 1.54. The van der Waals surface area contributed by atoms with Gasteiger partial charge in [-0.1, -0.05) is 60.7 Å². The quantitative estimate of drug-likeness (QED) is 0.488. The third kappa shape index (κ3) is 2.40. The SMILES string of the molecule is COc1ccccc1/C=N\N1C(=O)[C@@H]2C3c4ccccc4C(c4ccccc43)[C@@H]2C1=O. The van der Waals surface area contributed by atoms with E-state index >= 15 is 0 Å². The van der Waals surface area contributed by atoms with Gasteiger partial charge >= 0.3 is 0 Å². The van der Waals surface area contributed by atoms with Crippen molar-refractivity contribution < 1.29 is 14.3 Å².